The molecule has 0 saturated heterocycles. The molecule has 0 aliphatic carbocycles. The van der Waals surface area contributed by atoms with Crippen LogP contribution in [-0.2, 0) is 4.79 Å². The van der Waals surface area contributed by atoms with Crippen molar-refractivity contribution in [2.24, 2.45) is 5.73 Å². The van der Waals surface area contributed by atoms with E-state index in [1.54, 1.807) is 6.92 Å². The zero-order valence-corrected chi connectivity index (χ0v) is 8.35. The summed E-state index contributed by atoms with van der Waals surface area (Å²) >= 11 is 0. The molecule has 3 nitrogen and oxygen atoms in total. The molecule has 0 saturated carbocycles. The van der Waals surface area contributed by atoms with E-state index >= 15 is 0 Å². The Bertz CT molecular complexity index is 195. The van der Waals surface area contributed by atoms with Crippen LogP contribution in [0, 0.1) is 0 Å². The topological polar surface area (TPSA) is 46.3 Å². The molecule has 1 amide bonds. The van der Waals surface area contributed by atoms with Crippen LogP contribution in [0.3, 0.4) is 0 Å². The fraction of sp³-hybridized carbons (Fsp3) is 0.667. The van der Waals surface area contributed by atoms with Gasteiger partial charge in [-0.1, -0.05) is 5.57 Å². The van der Waals surface area contributed by atoms with Gasteiger partial charge < -0.3 is 10.6 Å². The van der Waals surface area contributed by atoms with E-state index in [9.17, 15) is 4.79 Å². The first kappa shape index (κ1) is 11.2. The minimum absolute atomic E-state index is 0.314. The van der Waals surface area contributed by atoms with Crippen molar-refractivity contribution in [1.82, 2.24) is 4.90 Å². The van der Waals surface area contributed by atoms with Crippen LogP contribution in [-0.4, -0.2) is 31.4 Å². The first-order valence-electron chi connectivity index (χ1n) is 4.06. The summed E-state index contributed by atoms with van der Waals surface area (Å²) in [5.74, 6) is -0.314. The summed E-state index contributed by atoms with van der Waals surface area (Å²) in [4.78, 5) is 12.8. The van der Waals surface area contributed by atoms with Crippen LogP contribution in [0.1, 0.15) is 20.3 Å². The molecular formula is C9H18N2O. The summed E-state index contributed by atoms with van der Waals surface area (Å²) in [5.41, 5.74) is 6.90. The summed E-state index contributed by atoms with van der Waals surface area (Å²) in [6.45, 7) is 4.67. The standard InChI is InChI=1S/C9H18N2O/c1-7(5-6-11(3)4)8(2)9(10)12/h5-6H2,1-4H3,(H2,10,12). The molecule has 0 fully saturated rings. The van der Waals surface area contributed by atoms with E-state index in [2.05, 4.69) is 4.90 Å². The fourth-order valence-corrected chi connectivity index (χ4v) is 0.789. The molecule has 0 aliphatic rings. The molecule has 0 aromatic rings. The van der Waals surface area contributed by atoms with Gasteiger partial charge in [-0.3, -0.25) is 4.79 Å². The molecular weight excluding hydrogens is 152 g/mol. The second kappa shape index (κ2) is 4.93. The maximum Gasteiger partial charge on any atom is 0.244 e. The predicted molar refractivity (Wildman–Crippen MR) is 50.7 cm³/mol. The van der Waals surface area contributed by atoms with Gasteiger partial charge in [0.15, 0.2) is 0 Å². The number of hydrogen-bond donors (Lipinski definition) is 1. The number of amides is 1. The molecule has 0 aliphatic heterocycles. The van der Waals surface area contributed by atoms with Crippen LogP contribution in [0.2, 0.25) is 0 Å². The van der Waals surface area contributed by atoms with E-state index in [4.69, 9.17) is 5.73 Å². The summed E-state index contributed by atoms with van der Waals surface area (Å²) in [6.07, 6.45) is 0.905. The third kappa shape index (κ3) is 4.13. The van der Waals surface area contributed by atoms with Gasteiger partial charge in [0.25, 0.3) is 0 Å². The molecule has 2 N–H and O–H groups in total. The number of rotatable bonds is 4. The number of nitrogens with two attached hydrogens (primary N) is 1. The average Bonchev–Trinajstić information content (AvgIpc) is 1.98. The minimum Gasteiger partial charge on any atom is -0.366 e. The maximum atomic E-state index is 10.7. The van der Waals surface area contributed by atoms with E-state index in [-0.39, 0.29) is 5.91 Å². The smallest absolute Gasteiger partial charge is 0.244 e. The molecule has 0 rings (SSSR count). The minimum atomic E-state index is -0.314. The van der Waals surface area contributed by atoms with Gasteiger partial charge in [0.1, 0.15) is 0 Å². The van der Waals surface area contributed by atoms with Crippen molar-refractivity contribution < 1.29 is 4.79 Å². The van der Waals surface area contributed by atoms with Crippen molar-refractivity contribution in [3.63, 3.8) is 0 Å². The maximum absolute atomic E-state index is 10.7. The van der Waals surface area contributed by atoms with Gasteiger partial charge in [-0.25, -0.2) is 0 Å². The number of carbonyl (C=O) groups is 1. The zero-order valence-electron chi connectivity index (χ0n) is 8.35. The van der Waals surface area contributed by atoms with Gasteiger partial charge >= 0.3 is 0 Å². The Morgan fingerprint density at radius 1 is 1.33 bits per heavy atom. The summed E-state index contributed by atoms with van der Waals surface area (Å²) in [7, 11) is 4.01. The third-order valence-electron chi connectivity index (χ3n) is 1.94. The van der Waals surface area contributed by atoms with Crippen molar-refractivity contribution in [2.75, 3.05) is 20.6 Å². The summed E-state index contributed by atoms with van der Waals surface area (Å²) in [6, 6.07) is 0. The van der Waals surface area contributed by atoms with E-state index in [0.717, 1.165) is 18.5 Å². The van der Waals surface area contributed by atoms with Crippen molar-refractivity contribution in [3.8, 4) is 0 Å². The van der Waals surface area contributed by atoms with Gasteiger partial charge in [0.05, 0.1) is 0 Å². The molecule has 0 bridgehead atoms. The first-order valence-corrected chi connectivity index (χ1v) is 4.06. The molecule has 0 atom stereocenters. The monoisotopic (exact) mass is 170 g/mol. The highest BCUT2D eigenvalue weighted by Crippen LogP contribution is 2.07. The molecule has 0 aromatic carbocycles. The third-order valence-corrected chi connectivity index (χ3v) is 1.94. The Balaban J connectivity index is 4.09. The van der Waals surface area contributed by atoms with Crippen LogP contribution in [0.4, 0.5) is 0 Å². The van der Waals surface area contributed by atoms with E-state index in [1.807, 2.05) is 21.0 Å². The highest BCUT2D eigenvalue weighted by molar-refractivity contribution is 5.91. The largest absolute Gasteiger partial charge is 0.366 e. The van der Waals surface area contributed by atoms with E-state index < -0.39 is 0 Å². The lowest BCUT2D eigenvalue weighted by Gasteiger charge is -2.10. The number of carbonyl (C=O) groups excluding carboxylic acids is 1. The Morgan fingerprint density at radius 2 is 1.83 bits per heavy atom. The van der Waals surface area contributed by atoms with Gasteiger partial charge in [0.2, 0.25) is 5.91 Å². The van der Waals surface area contributed by atoms with E-state index in [1.165, 1.54) is 0 Å². The van der Waals surface area contributed by atoms with Crippen molar-refractivity contribution in [2.45, 2.75) is 20.3 Å². The number of nitrogens with zero attached hydrogens (tertiary/aromatic N) is 1. The van der Waals surface area contributed by atoms with Gasteiger partial charge in [0, 0.05) is 12.1 Å². The lowest BCUT2D eigenvalue weighted by Crippen LogP contribution is -2.16. The molecule has 0 unspecified atom stereocenters. The normalized spacial score (nSPS) is 13.1. The lowest BCUT2D eigenvalue weighted by atomic mass is 10.1. The van der Waals surface area contributed by atoms with Crippen LogP contribution >= 0.6 is 0 Å². The van der Waals surface area contributed by atoms with Gasteiger partial charge in [-0.2, -0.15) is 0 Å². The van der Waals surface area contributed by atoms with Crippen molar-refractivity contribution in [1.29, 1.82) is 0 Å². The molecule has 12 heavy (non-hydrogen) atoms. The molecule has 0 aromatic heterocycles. The Morgan fingerprint density at radius 3 is 2.17 bits per heavy atom. The molecule has 3 heteroatoms. The fourth-order valence-electron chi connectivity index (χ4n) is 0.789. The van der Waals surface area contributed by atoms with Crippen LogP contribution in [0.25, 0.3) is 0 Å². The SMILES string of the molecule is CC(CCN(C)C)=C(C)C(N)=O. The molecule has 70 valence electrons. The van der Waals surface area contributed by atoms with Gasteiger partial charge in [-0.05, 0) is 34.4 Å². The van der Waals surface area contributed by atoms with Crippen LogP contribution in [0.15, 0.2) is 11.1 Å². The molecule has 0 spiro atoms. The first-order chi connectivity index (χ1) is 5.45. The Labute approximate surface area is 74.2 Å². The second-order valence-electron chi connectivity index (χ2n) is 3.32. The van der Waals surface area contributed by atoms with Crippen LogP contribution < -0.4 is 5.73 Å². The van der Waals surface area contributed by atoms with Crippen LogP contribution in [0.5, 0.6) is 0 Å². The second-order valence-corrected chi connectivity index (χ2v) is 3.32. The molecule has 0 heterocycles. The molecule has 0 radical (unpaired) electrons. The van der Waals surface area contributed by atoms with Crippen molar-refractivity contribution >= 4 is 5.91 Å². The van der Waals surface area contributed by atoms with Crippen molar-refractivity contribution in [3.05, 3.63) is 11.1 Å². The lowest BCUT2D eigenvalue weighted by molar-refractivity contribution is -0.114. The predicted octanol–water partition coefficient (Wildman–Crippen LogP) is 0.760. The number of hydrogen-bond acceptors (Lipinski definition) is 2. The Hall–Kier alpha value is -0.830. The summed E-state index contributed by atoms with van der Waals surface area (Å²) < 4.78 is 0. The Kier molecular flexibility index (Phi) is 4.59. The quantitative estimate of drug-likeness (QED) is 0.633. The zero-order chi connectivity index (χ0) is 9.72. The highest BCUT2D eigenvalue weighted by atomic mass is 16.1. The number of primary amides is 1. The van der Waals surface area contributed by atoms with E-state index in [0.29, 0.717) is 5.57 Å². The highest BCUT2D eigenvalue weighted by Gasteiger charge is 2.02. The average molecular weight is 170 g/mol. The summed E-state index contributed by atoms with van der Waals surface area (Å²) in [5, 5.41) is 0. The van der Waals surface area contributed by atoms with Gasteiger partial charge in [-0.15, -0.1) is 0 Å².